The molecule has 1 N–H and O–H groups in total. The summed E-state index contributed by atoms with van der Waals surface area (Å²) in [6.45, 7) is 0.528. The van der Waals surface area contributed by atoms with Crippen LogP contribution in [0.1, 0.15) is 11.1 Å². The maximum absolute atomic E-state index is 11.3. The molecule has 0 bridgehead atoms. The molecule has 122 valence electrons. The van der Waals surface area contributed by atoms with Gasteiger partial charge in [0.15, 0.2) is 0 Å². The van der Waals surface area contributed by atoms with Crippen LogP contribution >= 0.6 is 27.7 Å². The summed E-state index contributed by atoms with van der Waals surface area (Å²) in [6.07, 6.45) is 0. The number of nitro benzene ring substituents is 1. The van der Waals surface area contributed by atoms with Gasteiger partial charge in [-0.05, 0) is 49.5 Å². The van der Waals surface area contributed by atoms with Gasteiger partial charge in [0.1, 0.15) is 0 Å². The van der Waals surface area contributed by atoms with Crippen LogP contribution in [-0.4, -0.2) is 29.0 Å². The van der Waals surface area contributed by atoms with Crippen molar-refractivity contribution >= 4 is 33.4 Å². The molecule has 0 unspecified atom stereocenters. The monoisotopic (exact) mass is 396 g/mol. The summed E-state index contributed by atoms with van der Waals surface area (Å²) >= 11 is 4.83. The van der Waals surface area contributed by atoms with Crippen molar-refractivity contribution in [2.24, 2.45) is 0 Å². The molecule has 0 heterocycles. The van der Waals surface area contributed by atoms with Crippen LogP contribution in [0.25, 0.3) is 0 Å². The van der Waals surface area contributed by atoms with Gasteiger partial charge in [-0.3, -0.25) is 10.1 Å². The third kappa shape index (κ3) is 4.78. The fourth-order valence-corrected chi connectivity index (χ4v) is 3.53. The number of nitro groups is 1. The number of rotatable bonds is 6. The first-order valence-electron chi connectivity index (χ1n) is 6.90. The van der Waals surface area contributed by atoms with Gasteiger partial charge in [-0.15, -0.1) is 0 Å². The molecule has 5 nitrogen and oxygen atoms in total. The average molecular weight is 397 g/mol. The van der Waals surface area contributed by atoms with E-state index in [2.05, 4.69) is 20.8 Å². The molecule has 0 saturated heterocycles. The molecule has 0 amide bonds. The summed E-state index contributed by atoms with van der Waals surface area (Å²) in [5.74, 6) is 0. The van der Waals surface area contributed by atoms with Crippen molar-refractivity contribution in [2.75, 3.05) is 14.1 Å². The Balaban J connectivity index is 2.41. The second kappa shape index (κ2) is 7.92. The summed E-state index contributed by atoms with van der Waals surface area (Å²) in [4.78, 5) is 14.5. The molecule has 0 spiro atoms. The largest absolute Gasteiger partial charge is 0.392 e. The highest BCUT2D eigenvalue weighted by Gasteiger charge is 2.17. The van der Waals surface area contributed by atoms with Gasteiger partial charge in [0.05, 0.1) is 16.4 Å². The van der Waals surface area contributed by atoms with Crippen LogP contribution < -0.4 is 0 Å². The van der Waals surface area contributed by atoms with E-state index in [9.17, 15) is 10.1 Å². The Kier molecular flexibility index (Phi) is 6.17. The van der Waals surface area contributed by atoms with Crippen molar-refractivity contribution < 1.29 is 10.0 Å². The first-order chi connectivity index (χ1) is 10.9. The van der Waals surface area contributed by atoms with Crippen LogP contribution in [0.15, 0.2) is 50.7 Å². The zero-order valence-corrected chi connectivity index (χ0v) is 15.2. The lowest BCUT2D eigenvalue weighted by atomic mass is 10.2. The smallest absolute Gasteiger partial charge is 0.283 e. The quantitative estimate of drug-likeness (QED) is 0.588. The second-order valence-corrected chi connectivity index (χ2v) is 7.31. The molecule has 0 atom stereocenters. The summed E-state index contributed by atoms with van der Waals surface area (Å²) in [5, 5.41) is 20.4. The van der Waals surface area contributed by atoms with E-state index >= 15 is 0 Å². The van der Waals surface area contributed by atoms with Gasteiger partial charge in [-0.2, -0.15) is 0 Å². The lowest BCUT2D eigenvalue weighted by Gasteiger charge is -2.14. The Morgan fingerprint density at radius 1 is 1.22 bits per heavy atom. The van der Waals surface area contributed by atoms with Gasteiger partial charge in [0.2, 0.25) is 0 Å². The van der Waals surface area contributed by atoms with Crippen molar-refractivity contribution in [2.45, 2.75) is 22.9 Å². The lowest BCUT2D eigenvalue weighted by molar-refractivity contribution is -0.387. The number of nitrogens with zero attached hydrogens (tertiary/aromatic N) is 2. The van der Waals surface area contributed by atoms with Gasteiger partial charge in [0, 0.05) is 22.0 Å². The third-order valence-corrected chi connectivity index (χ3v) is 4.81. The number of benzene rings is 2. The maximum Gasteiger partial charge on any atom is 0.283 e. The van der Waals surface area contributed by atoms with E-state index in [4.69, 9.17) is 5.11 Å². The molecule has 7 heteroatoms. The van der Waals surface area contributed by atoms with Crippen LogP contribution in [0.5, 0.6) is 0 Å². The van der Waals surface area contributed by atoms with E-state index in [1.165, 1.54) is 17.8 Å². The molecule has 2 aromatic rings. The van der Waals surface area contributed by atoms with E-state index in [0.29, 0.717) is 10.5 Å². The molecule has 0 aromatic heterocycles. The van der Waals surface area contributed by atoms with E-state index in [0.717, 1.165) is 21.5 Å². The lowest BCUT2D eigenvalue weighted by Crippen LogP contribution is -2.11. The molecule has 0 aliphatic carbocycles. The minimum Gasteiger partial charge on any atom is -0.392 e. The number of aliphatic hydroxyl groups excluding tert-OH is 1. The van der Waals surface area contributed by atoms with E-state index in [1.807, 2.05) is 32.3 Å². The molecule has 0 radical (unpaired) electrons. The van der Waals surface area contributed by atoms with Crippen LogP contribution in [0.2, 0.25) is 0 Å². The maximum atomic E-state index is 11.3. The first kappa shape index (κ1) is 17.9. The van der Waals surface area contributed by atoms with Crippen molar-refractivity contribution in [3.63, 3.8) is 0 Å². The highest BCUT2D eigenvalue weighted by Crippen LogP contribution is 2.38. The number of halogens is 1. The third-order valence-electron chi connectivity index (χ3n) is 3.13. The topological polar surface area (TPSA) is 66.6 Å². The molecule has 0 aliphatic rings. The van der Waals surface area contributed by atoms with Crippen LogP contribution in [0, 0.1) is 10.1 Å². The molecule has 0 saturated carbocycles. The number of aliphatic hydroxyl groups is 1. The Hall–Kier alpha value is -1.41. The van der Waals surface area contributed by atoms with E-state index < -0.39 is 4.92 Å². The van der Waals surface area contributed by atoms with E-state index in [1.54, 1.807) is 12.1 Å². The summed E-state index contributed by atoms with van der Waals surface area (Å²) in [7, 11) is 3.96. The molecule has 23 heavy (non-hydrogen) atoms. The summed E-state index contributed by atoms with van der Waals surface area (Å²) in [5.41, 5.74) is 1.64. The standard InChI is InChI=1S/C16H17BrN2O3S/c1-18(2)9-12-8-13(17)4-6-15(12)23-16-5-3-11(10-20)7-14(16)19(21)22/h3-8,20H,9-10H2,1-2H3. The zero-order valence-electron chi connectivity index (χ0n) is 12.8. The van der Waals surface area contributed by atoms with Gasteiger partial charge >= 0.3 is 0 Å². The minimum atomic E-state index is -0.411. The second-order valence-electron chi connectivity index (χ2n) is 5.31. The van der Waals surface area contributed by atoms with Crippen molar-refractivity contribution in [3.8, 4) is 0 Å². The predicted molar refractivity (Wildman–Crippen MR) is 94.7 cm³/mol. The Morgan fingerprint density at radius 2 is 1.91 bits per heavy atom. The van der Waals surface area contributed by atoms with Gasteiger partial charge in [-0.25, -0.2) is 0 Å². The molecule has 2 aromatic carbocycles. The fraction of sp³-hybridized carbons (Fsp3) is 0.250. The van der Waals surface area contributed by atoms with Crippen LogP contribution in [-0.2, 0) is 13.2 Å². The van der Waals surface area contributed by atoms with Crippen LogP contribution in [0.3, 0.4) is 0 Å². The Morgan fingerprint density at radius 3 is 2.52 bits per heavy atom. The van der Waals surface area contributed by atoms with Crippen LogP contribution in [0.4, 0.5) is 5.69 Å². The first-order valence-corrected chi connectivity index (χ1v) is 8.51. The predicted octanol–water partition coefficient (Wildman–Crippen LogP) is 4.06. The van der Waals surface area contributed by atoms with Gasteiger partial charge in [-0.1, -0.05) is 33.8 Å². The average Bonchev–Trinajstić information content (AvgIpc) is 2.49. The van der Waals surface area contributed by atoms with Gasteiger partial charge < -0.3 is 10.0 Å². The minimum absolute atomic E-state index is 0.0141. The molecular weight excluding hydrogens is 380 g/mol. The molecule has 0 fully saturated rings. The van der Waals surface area contributed by atoms with E-state index in [-0.39, 0.29) is 12.3 Å². The molecule has 2 rings (SSSR count). The number of hydrogen-bond acceptors (Lipinski definition) is 5. The zero-order chi connectivity index (χ0) is 17.0. The summed E-state index contributed by atoms with van der Waals surface area (Å²) < 4.78 is 0.976. The van der Waals surface area contributed by atoms with Crippen molar-refractivity contribution in [3.05, 3.63) is 62.1 Å². The normalized spacial score (nSPS) is 11.0. The SMILES string of the molecule is CN(C)Cc1cc(Br)ccc1Sc1ccc(CO)cc1[N+](=O)[O-]. The highest BCUT2D eigenvalue weighted by atomic mass is 79.9. The fourth-order valence-electron chi connectivity index (χ4n) is 2.12. The Bertz CT molecular complexity index is 722. The number of hydrogen-bond donors (Lipinski definition) is 1. The van der Waals surface area contributed by atoms with Crippen molar-refractivity contribution in [1.82, 2.24) is 4.90 Å². The van der Waals surface area contributed by atoms with Gasteiger partial charge in [0.25, 0.3) is 5.69 Å². The summed E-state index contributed by atoms with van der Waals surface area (Å²) in [6, 6.07) is 10.7. The molecule has 0 aliphatic heterocycles. The Labute approximate surface area is 147 Å². The highest BCUT2D eigenvalue weighted by molar-refractivity contribution is 9.10. The molecular formula is C16H17BrN2O3S. The van der Waals surface area contributed by atoms with Crippen molar-refractivity contribution in [1.29, 1.82) is 0 Å².